The van der Waals surface area contributed by atoms with Gasteiger partial charge in [-0.25, -0.2) is 0 Å². The van der Waals surface area contributed by atoms with E-state index in [1.165, 1.54) is 0 Å². The predicted molar refractivity (Wildman–Crippen MR) is 74.8 cm³/mol. The Labute approximate surface area is 113 Å². The molecule has 0 aliphatic heterocycles. The van der Waals surface area contributed by atoms with Crippen molar-refractivity contribution >= 4 is 11.5 Å². The summed E-state index contributed by atoms with van der Waals surface area (Å²) in [5.74, 6) is 1.36. The van der Waals surface area contributed by atoms with Crippen molar-refractivity contribution in [2.24, 2.45) is 17.3 Å². The number of carbonyl (C=O) groups is 1. The van der Waals surface area contributed by atoms with Gasteiger partial charge < -0.3 is 10.4 Å². The fraction of sp³-hybridized carbons (Fsp3) is 0.438. The van der Waals surface area contributed by atoms with Crippen molar-refractivity contribution in [2.45, 2.75) is 27.2 Å². The Morgan fingerprint density at radius 3 is 2.68 bits per heavy atom. The Balaban J connectivity index is 1.91. The maximum absolute atomic E-state index is 12.1. The number of phenolic OH excluding ortho intramolecular Hbond substituents is 1. The quantitative estimate of drug-likeness (QED) is 0.631. The van der Waals surface area contributed by atoms with E-state index in [0.717, 1.165) is 11.3 Å². The molecule has 1 aromatic rings. The number of benzene rings is 1. The molecule has 19 heavy (non-hydrogen) atoms. The van der Waals surface area contributed by atoms with Crippen molar-refractivity contribution in [1.82, 2.24) is 0 Å². The van der Waals surface area contributed by atoms with Crippen LogP contribution in [0.3, 0.4) is 0 Å². The third kappa shape index (κ3) is 1.76. The van der Waals surface area contributed by atoms with Crippen LogP contribution in [0.5, 0.6) is 5.75 Å². The highest BCUT2D eigenvalue weighted by Gasteiger charge is 2.65. The fourth-order valence-electron chi connectivity index (χ4n) is 3.47. The number of rotatable bonds is 2. The van der Waals surface area contributed by atoms with Gasteiger partial charge in [0.15, 0.2) is 5.78 Å². The molecule has 2 saturated carbocycles. The van der Waals surface area contributed by atoms with Crippen molar-refractivity contribution in [3.63, 3.8) is 0 Å². The van der Waals surface area contributed by atoms with Gasteiger partial charge in [0, 0.05) is 17.7 Å². The van der Waals surface area contributed by atoms with E-state index >= 15 is 0 Å². The number of fused-ring (bicyclic) bond motifs is 1. The molecule has 100 valence electrons. The van der Waals surface area contributed by atoms with Gasteiger partial charge in [-0.1, -0.05) is 26.0 Å². The minimum absolute atomic E-state index is 0.208. The lowest BCUT2D eigenvalue weighted by Gasteiger charge is -2.15. The number of para-hydroxylation sites is 2. The number of anilines is 1. The highest BCUT2D eigenvalue weighted by molar-refractivity contribution is 6.01. The topological polar surface area (TPSA) is 49.3 Å². The summed E-state index contributed by atoms with van der Waals surface area (Å²) < 4.78 is 0. The molecule has 2 aliphatic carbocycles. The first-order chi connectivity index (χ1) is 8.93. The number of phenols is 1. The molecule has 0 radical (unpaired) electrons. The second-order valence-electron chi connectivity index (χ2n) is 6.21. The number of aromatic hydroxyl groups is 1. The Bertz CT molecular complexity index is 586. The molecule has 3 nitrogen and oxygen atoms in total. The number of ketones is 1. The number of hydrogen-bond donors (Lipinski definition) is 2. The Morgan fingerprint density at radius 1 is 1.37 bits per heavy atom. The van der Waals surface area contributed by atoms with Gasteiger partial charge in [0.2, 0.25) is 0 Å². The minimum Gasteiger partial charge on any atom is -0.506 e. The largest absolute Gasteiger partial charge is 0.506 e. The monoisotopic (exact) mass is 257 g/mol. The lowest BCUT2D eigenvalue weighted by Crippen LogP contribution is -2.12. The van der Waals surface area contributed by atoms with Crippen molar-refractivity contribution < 1.29 is 9.90 Å². The van der Waals surface area contributed by atoms with Crippen molar-refractivity contribution in [3.8, 4) is 5.75 Å². The average molecular weight is 257 g/mol. The zero-order valence-corrected chi connectivity index (χ0v) is 11.5. The first kappa shape index (κ1) is 12.3. The molecule has 0 unspecified atom stereocenters. The minimum atomic E-state index is 0.208. The highest BCUT2D eigenvalue weighted by atomic mass is 16.3. The molecule has 2 N–H and O–H groups in total. The number of hydrogen-bond acceptors (Lipinski definition) is 3. The molecule has 0 spiro atoms. The third-order valence-electron chi connectivity index (χ3n) is 4.70. The summed E-state index contributed by atoms with van der Waals surface area (Å²) in [4.78, 5) is 12.1. The molecule has 1 aromatic carbocycles. The maximum atomic E-state index is 12.1. The molecule has 3 rings (SSSR count). The van der Waals surface area contributed by atoms with Crippen molar-refractivity contribution in [1.29, 1.82) is 0 Å². The Kier molecular flexibility index (Phi) is 2.49. The summed E-state index contributed by atoms with van der Waals surface area (Å²) in [7, 11) is 0. The summed E-state index contributed by atoms with van der Waals surface area (Å²) in [6, 6.07) is 7.10. The van der Waals surface area contributed by atoms with Gasteiger partial charge in [0.1, 0.15) is 5.75 Å². The van der Waals surface area contributed by atoms with E-state index in [1.807, 2.05) is 19.1 Å². The van der Waals surface area contributed by atoms with Crippen LogP contribution >= 0.6 is 0 Å². The zero-order valence-electron chi connectivity index (χ0n) is 11.5. The van der Waals surface area contributed by atoms with Gasteiger partial charge in [0.25, 0.3) is 0 Å². The van der Waals surface area contributed by atoms with Crippen LogP contribution in [0.25, 0.3) is 0 Å². The summed E-state index contributed by atoms with van der Waals surface area (Å²) in [5.41, 5.74) is 2.72. The smallest absolute Gasteiger partial charge is 0.161 e. The van der Waals surface area contributed by atoms with Gasteiger partial charge in [-0.3, -0.25) is 4.79 Å². The predicted octanol–water partition coefficient (Wildman–Crippen LogP) is 3.32. The maximum Gasteiger partial charge on any atom is 0.161 e. The third-order valence-corrected chi connectivity index (χ3v) is 4.70. The first-order valence-corrected chi connectivity index (χ1v) is 6.72. The van der Waals surface area contributed by atoms with Gasteiger partial charge in [-0.2, -0.15) is 0 Å². The van der Waals surface area contributed by atoms with E-state index in [1.54, 1.807) is 12.1 Å². The van der Waals surface area contributed by atoms with Crippen LogP contribution in [0.15, 0.2) is 35.5 Å². The second-order valence-corrected chi connectivity index (χ2v) is 6.21. The molecule has 0 bridgehead atoms. The Morgan fingerprint density at radius 2 is 2.05 bits per heavy atom. The zero-order chi connectivity index (χ0) is 13.8. The fourth-order valence-corrected chi connectivity index (χ4v) is 3.47. The Hall–Kier alpha value is -1.77. The van der Waals surface area contributed by atoms with Crippen molar-refractivity contribution in [3.05, 3.63) is 35.5 Å². The molecule has 0 aromatic heterocycles. The molecular weight excluding hydrogens is 238 g/mol. The van der Waals surface area contributed by atoms with E-state index in [0.29, 0.717) is 23.9 Å². The lowest BCUT2D eigenvalue weighted by molar-refractivity contribution is -0.115. The van der Waals surface area contributed by atoms with Crippen LogP contribution in [0.4, 0.5) is 5.69 Å². The van der Waals surface area contributed by atoms with E-state index in [-0.39, 0.29) is 16.9 Å². The molecule has 2 atom stereocenters. The van der Waals surface area contributed by atoms with Crippen LogP contribution in [-0.2, 0) is 4.79 Å². The first-order valence-electron chi connectivity index (χ1n) is 6.72. The van der Waals surface area contributed by atoms with Crippen LogP contribution < -0.4 is 5.32 Å². The molecule has 3 heteroatoms. The highest BCUT2D eigenvalue weighted by Crippen LogP contribution is 2.68. The normalized spacial score (nSPS) is 29.9. The van der Waals surface area contributed by atoms with E-state index < -0.39 is 0 Å². The summed E-state index contributed by atoms with van der Waals surface area (Å²) in [6.45, 7) is 6.38. The summed E-state index contributed by atoms with van der Waals surface area (Å²) in [6.07, 6.45) is 0.673. The molecule has 0 heterocycles. The van der Waals surface area contributed by atoms with Gasteiger partial charge >= 0.3 is 0 Å². The molecule has 0 amide bonds. The summed E-state index contributed by atoms with van der Waals surface area (Å²) >= 11 is 0. The van der Waals surface area contributed by atoms with Gasteiger partial charge in [0.05, 0.1) is 5.69 Å². The van der Waals surface area contributed by atoms with Crippen LogP contribution in [0, 0.1) is 17.3 Å². The molecule has 2 aliphatic rings. The summed E-state index contributed by atoms with van der Waals surface area (Å²) in [5, 5.41) is 13.0. The second kappa shape index (κ2) is 3.86. The number of nitrogens with one attached hydrogen (secondary N) is 1. The van der Waals surface area contributed by atoms with Gasteiger partial charge in [-0.15, -0.1) is 0 Å². The standard InChI is InChI=1S/C16H19NO2/c1-9(17-11-6-4-5-7-12(11)18)14-13(19)8-10-15(14)16(10,2)3/h4-7,10,15,17-18H,8H2,1-3H3/t10-,15+/m1/s1. The SMILES string of the molecule is CC(Nc1ccccc1O)=C1C(=O)C[C@@H]2[C@@H]1C2(C)C. The lowest BCUT2D eigenvalue weighted by atomic mass is 9.95. The van der Waals surface area contributed by atoms with Crippen LogP contribution in [-0.4, -0.2) is 10.9 Å². The number of allylic oxidation sites excluding steroid dienone is 2. The van der Waals surface area contributed by atoms with E-state index in [2.05, 4.69) is 19.2 Å². The molecule has 2 fully saturated rings. The molecule has 0 saturated heterocycles. The van der Waals surface area contributed by atoms with E-state index in [4.69, 9.17) is 0 Å². The van der Waals surface area contributed by atoms with Crippen LogP contribution in [0.2, 0.25) is 0 Å². The van der Waals surface area contributed by atoms with Gasteiger partial charge in [-0.05, 0) is 36.3 Å². The number of carbonyl (C=O) groups excluding carboxylic acids is 1. The average Bonchev–Trinajstić information content (AvgIpc) is 2.72. The van der Waals surface area contributed by atoms with Crippen molar-refractivity contribution in [2.75, 3.05) is 5.32 Å². The van der Waals surface area contributed by atoms with Crippen LogP contribution in [0.1, 0.15) is 27.2 Å². The van der Waals surface area contributed by atoms with E-state index in [9.17, 15) is 9.90 Å². The molecular formula is C16H19NO2. The number of Topliss-reactive ketones (excluding diaryl/α,β-unsaturated/α-hetero) is 1.